The van der Waals surface area contributed by atoms with Gasteiger partial charge in [-0.2, -0.15) is 0 Å². The monoisotopic (exact) mass is 383 g/mol. The van der Waals surface area contributed by atoms with Gasteiger partial charge in [0.15, 0.2) is 6.10 Å². The van der Waals surface area contributed by atoms with Gasteiger partial charge in [-0.05, 0) is 29.8 Å². The molecule has 0 aliphatic rings. The van der Waals surface area contributed by atoms with Gasteiger partial charge in [0.2, 0.25) is 0 Å². The second kappa shape index (κ2) is 8.19. The molecule has 2 atom stereocenters. The molecule has 0 aliphatic heterocycles. The number of ether oxygens (including phenoxy) is 1. The fourth-order valence-corrected chi connectivity index (χ4v) is 3.62. The van der Waals surface area contributed by atoms with Gasteiger partial charge in [-0.3, -0.25) is 10.1 Å². The molecule has 132 valence electrons. The molecule has 2 aromatic carbocycles. The Morgan fingerprint density at radius 2 is 1.92 bits per heavy atom. The number of hydrogen-bond donors (Lipinski definition) is 2. The molecule has 9 heteroatoms. The topological polar surface area (TPSA) is 110 Å². The number of thioether (sulfide) groups is 1. The predicted octanol–water partition coefficient (Wildman–Crippen LogP) is 3.54. The van der Waals surface area contributed by atoms with E-state index in [9.17, 15) is 25.1 Å². The zero-order chi connectivity index (χ0) is 18.6. The number of nitrogens with zero attached hydrogens (tertiary/aromatic N) is 1. The molecule has 0 saturated heterocycles. The van der Waals surface area contributed by atoms with Crippen LogP contribution in [0.5, 0.6) is 5.75 Å². The van der Waals surface area contributed by atoms with Crippen LogP contribution in [0.25, 0.3) is 0 Å². The number of carbonyl (C=O) groups is 1. The van der Waals surface area contributed by atoms with Crippen molar-refractivity contribution in [1.82, 2.24) is 0 Å². The number of halogens is 1. The van der Waals surface area contributed by atoms with E-state index in [1.807, 2.05) is 0 Å². The first-order valence-corrected chi connectivity index (χ1v) is 8.24. The standard InChI is InChI=1S/C16H14ClNO6S/c1-24-11-5-2-9(3-6-11)15(14(19)16(20)21)25-13-8-10(17)4-7-12(13)18(22)23/h2-8,14-15,19H,1H3,(H,20,21). The molecule has 2 N–H and O–H groups in total. The summed E-state index contributed by atoms with van der Waals surface area (Å²) >= 11 is 6.76. The molecule has 0 aliphatic carbocycles. The van der Waals surface area contributed by atoms with E-state index in [4.69, 9.17) is 16.3 Å². The minimum atomic E-state index is -1.77. The molecule has 0 bridgehead atoms. The number of rotatable bonds is 7. The van der Waals surface area contributed by atoms with Gasteiger partial charge in [-0.25, -0.2) is 4.79 Å². The highest BCUT2D eigenvalue weighted by atomic mass is 35.5. The maximum Gasteiger partial charge on any atom is 0.334 e. The molecule has 0 saturated carbocycles. The number of aliphatic hydroxyl groups is 1. The first-order valence-electron chi connectivity index (χ1n) is 6.99. The molecule has 0 aromatic heterocycles. The zero-order valence-electron chi connectivity index (χ0n) is 13.0. The average Bonchev–Trinajstić information content (AvgIpc) is 2.59. The van der Waals surface area contributed by atoms with E-state index in [1.165, 1.54) is 25.3 Å². The molecule has 25 heavy (non-hydrogen) atoms. The Kier molecular flexibility index (Phi) is 6.24. The minimum Gasteiger partial charge on any atom is -0.497 e. The van der Waals surface area contributed by atoms with Crippen molar-refractivity contribution < 1.29 is 24.7 Å². The summed E-state index contributed by atoms with van der Waals surface area (Å²) in [5.74, 6) is -0.871. The van der Waals surface area contributed by atoms with Crippen molar-refractivity contribution in [3.05, 3.63) is 63.2 Å². The van der Waals surface area contributed by atoms with Gasteiger partial charge < -0.3 is 14.9 Å². The molecule has 0 spiro atoms. The molecule has 0 amide bonds. The highest BCUT2D eigenvalue weighted by molar-refractivity contribution is 7.99. The third kappa shape index (κ3) is 4.62. The minimum absolute atomic E-state index is 0.165. The Labute approximate surface area is 152 Å². The quantitative estimate of drug-likeness (QED) is 0.427. The summed E-state index contributed by atoms with van der Waals surface area (Å²) in [6.45, 7) is 0. The molecule has 2 aromatic rings. The van der Waals surface area contributed by atoms with E-state index in [2.05, 4.69) is 0 Å². The van der Waals surface area contributed by atoms with E-state index in [-0.39, 0.29) is 15.6 Å². The Bertz CT molecular complexity index is 783. The van der Waals surface area contributed by atoms with Crippen molar-refractivity contribution in [2.24, 2.45) is 0 Å². The lowest BCUT2D eigenvalue weighted by atomic mass is 10.1. The van der Waals surface area contributed by atoms with Crippen LogP contribution in [0.2, 0.25) is 5.02 Å². The van der Waals surface area contributed by atoms with Gasteiger partial charge in [0, 0.05) is 11.1 Å². The SMILES string of the molecule is COc1ccc(C(Sc2cc(Cl)ccc2[N+](=O)[O-])C(O)C(=O)O)cc1. The number of hydrogen-bond acceptors (Lipinski definition) is 6. The normalized spacial score (nSPS) is 13.1. The van der Waals surface area contributed by atoms with Crippen molar-refractivity contribution in [2.75, 3.05) is 7.11 Å². The second-order valence-corrected chi connectivity index (χ2v) is 6.58. The summed E-state index contributed by atoms with van der Waals surface area (Å²) in [6, 6.07) is 10.4. The third-order valence-electron chi connectivity index (χ3n) is 3.36. The van der Waals surface area contributed by atoms with Crippen molar-refractivity contribution >= 4 is 35.0 Å². The van der Waals surface area contributed by atoms with E-state index in [0.29, 0.717) is 11.3 Å². The zero-order valence-corrected chi connectivity index (χ0v) is 14.5. The van der Waals surface area contributed by atoms with Crippen molar-refractivity contribution in [1.29, 1.82) is 0 Å². The number of carboxylic acids is 1. The Morgan fingerprint density at radius 3 is 2.44 bits per heavy atom. The second-order valence-electron chi connectivity index (χ2n) is 4.96. The molecule has 2 rings (SSSR count). The van der Waals surface area contributed by atoms with Crippen molar-refractivity contribution in [3.63, 3.8) is 0 Å². The summed E-state index contributed by atoms with van der Waals surface area (Å²) in [5, 5.41) is 29.7. The fraction of sp³-hybridized carbons (Fsp3) is 0.188. The lowest BCUT2D eigenvalue weighted by Crippen LogP contribution is -2.26. The Balaban J connectivity index is 2.45. The molecule has 0 radical (unpaired) electrons. The molecule has 0 heterocycles. The largest absolute Gasteiger partial charge is 0.497 e. The average molecular weight is 384 g/mol. The molecule has 2 unspecified atom stereocenters. The van der Waals surface area contributed by atoms with Gasteiger partial charge >= 0.3 is 5.97 Å². The van der Waals surface area contributed by atoms with E-state index >= 15 is 0 Å². The Hall–Kier alpha value is -2.29. The summed E-state index contributed by atoms with van der Waals surface area (Å²) in [7, 11) is 1.49. The summed E-state index contributed by atoms with van der Waals surface area (Å²) < 4.78 is 5.05. The summed E-state index contributed by atoms with van der Waals surface area (Å²) in [5.41, 5.74) is 0.264. The van der Waals surface area contributed by atoms with Gasteiger partial charge in [-0.1, -0.05) is 23.7 Å². The van der Waals surface area contributed by atoms with Crippen LogP contribution >= 0.6 is 23.4 Å². The Morgan fingerprint density at radius 1 is 1.28 bits per heavy atom. The van der Waals surface area contributed by atoms with Crippen LogP contribution in [0.4, 0.5) is 5.69 Å². The number of methoxy groups -OCH3 is 1. The van der Waals surface area contributed by atoms with Gasteiger partial charge in [0.1, 0.15) is 5.75 Å². The first-order chi connectivity index (χ1) is 11.8. The smallest absolute Gasteiger partial charge is 0.334 e. The number of nitro groups is 1. The van der Waals surface area contributed by atoms with Gasteiger partial charge in [-0.15, -0.1) is 11.8 Å². The molecule has 7 nitrogen and oxygen atoms in total. The van der Waals surface area contributed by atoms with Crippen LogP contribution in [0.3, 0.4) is 0 Å². The van der Waals surface area contributed by atoms with Crippen LogP contribution in [-0.2, 0) is 4.79 Å². The molecule has 0 fully saturated rings. The highest BCUT2D eigenvalue weighted by Gasteiger charge is 2.30. The van der Waals surface area contributed by atoms with Crippen molar-refractivity contribution in [3.8, 4) is 5.75 Å². The maximum atomic E-state index is 11.3. The number of benzene rings is 2. The van der Waals surface area contributed by atoms with Gasteiger partial charge in [0.25, 0.3) is 5.69 Å². The fourth-order valence-electron chi connectivity index (χ4n) is 2.11. The number of aliphatic hydroxyl groups excluding tert-OH is 1. The third-order valence-corrected chi connectivity index (χ3v) is 4.96. The van der Waals surface area contributed by atoms with Crippen LogP contribution in [0.1, 0.15) is 10.8 Å². The van der Waals surface area contributed by atoms with Crippen LogP contribution in [0.15, 0.2) is 47.4 Å². The number of nitro benzene ring substituents is 1. The number of aliphatic carboxylic acids is 1. The van der Waals surface area contributed by atoms with E-state index in [0.717, 1.165) is 11.8 Å². The summed E-state index contributed by atoms with van der Waals surface area (Å²) in [6.07, 6.45) is -1.77. The van der Waals surface area contributed by atoms with Crippen LogP contribution in [0, 0.1) is 10.1 Å². The highest BCUT2D eigenvalue weighted by Crippen LogP contribution is 2.43. The molecular formula is C16H14ClNO6S. The predicted molar refractivity (Wildman–Crippen MR) is 93.3 cm³/mol. The first kappa shape index (κ1) is 19.0. The maximum absolute atomic E-state index is 11.3. The lowest BCUT2D eigenvalue weighted by Gasteiger charge is -2.20. The van der Waals surface area contributed by atoms with Gasteiger partial charge in [0.05, 0.1) is 22.2 Å². The van der Waals surface area contributed by atoms with Crippen LogP contribution < -0.4 is 4.74 Å². The van der Waals surface area contributed by atoms with E-state index in [1.54, 1.807) is 24.3 Å². The van der Waals surface area contributed by atoms with E-state index < -0.39 is 22.2 Å². The number of carboxylic acid groups (broad SMARTS) is 1. The van der Waals surface area contributed by atoms with Crippen molar-refractivity contribution in [2.45, 2.75) is 16.2 Å². The lowest BCUT2D eigenvalue weighted by molar-refractivity contribution is -0.387. The molecular weight excluding hydrogens is 370 g/mol. The van der Waals surface area contributed by atoms with Crippen LogP contribution in [-0.4, -0.2) is 34.3 Å². The summed E-state index contributed by atoms with van der Waals surface area (Å²) in [4.78, 5) is 22.0.